The number of hydrogen-bond acceptors (Lipinski definition) is 2. The van der Waals surface area contributed by atoms with Crippen LogP contribution in [-0.2, 0) is 11.2 Å². The molecule has 1 amide bonds. The van der Waals surface area contributed by atoms with Crippen molar-refractivity contribution in [3.8, 4) is 5.75 Å². The van der Waals surface area contributed by atoms with Crippen molar-refractivity contribution in [2.45, 2.75) is 39.5 Å². The Morgan fingerprint density at radius 2 is 1.96 bits per heavy atom. The van der Waals surface area contributed by atoms with E-state index in [1.165, 1.54) is 10.9 Å². The second-order valence-corrected chi connectivity index (χ2v) is 7.67. The molecule has 2 aromatic carbocycles. The Balaban J connectivity index is 2.02. The normalized spacial score (nSPS) is 12.3. The first-order valence-corrected chi connectivity index (χ1v) is 10.0. The van der Waals surface area contributed by atoms with Gasteiger partial charge >= 0.3 is 0 Å². The van der Waals surface area contributed by atoms with Gasteiger partial charge in [-0.25, -0.2) is 0 Å². The summed E-state index contributed by atoms with van der Waals surface area (Å²) in [6.07, 6.45) is 3.43. The molecule has 148 valence electrons. The number of aromatic nitrogens is 1. The van der Waals surface area contributed by atoms with Crippen LogP contribution in [0.15, 0.2) is 48.7 Å². The monoisotopic (exact) mass is 378 g/mol. The van der Waals surface area contributed by atoms with Crippen LogP contribution in [0.2, 0.25) is 0 Å². The zero-order valence-electron chi connectivity index (χ0n) is 17.2. The standard InChI is InChI=1S/C24H30N2O2/c1-5-17-8-7-11-20-22(15-26-24(17)20)21(13-23(27)25-14-16(2)3)18-9-6-10-19(12-18)28-4/h6-12,15-16,21,26H,5,13-14H2,1-4H3,(H,25,27)/t21-/m0/s1. The van der Waals surface area contributed by atoms with Gasteiger partial charge in [0.1, 0.15) is 5.75 Å². The third kappa shape index (κ3) is 4.38. The number of rotatable bonds is 8. The number of nitrogens with one attached hydrogen (secondary N) is 2. The lowest BCUT2D eigenvalue weighted by atomic mass is 9.87. The molecule has 0 saturated carbocycles. The van der Waals surface area contributed by atoms with Crippen molar-refractivity contribution in [2.24, 2.45) is 5.92 Å². The van der Waals surface area contributed by atoms with Crippen LogP contribution in [0, 0.1) is 5.92 Å². The van der Waals surface area contributed by atoms with Gasteiger partial charge in [0.2, 0.25) is 5.91 Å². The van der Waals surface area contributed by atoms with Crippen LogP contribution >= 0.6 is 0 Å². The topological polar surface area (TPSA) is 54.1 Å². The Bertz CT molecular complexity index is 943. The van der Waals surface area contributed by atoms with Crippen LogP contribution in [-0.4, -0.2) is 24.5 Å². The summed E-state index contributed by atoms with van der Waals surface area (Å²) in [5.41, 5.74) is 4.69. The van der Waals surface area contributed by atoms with Gasteiger partial charge < -0.3 is 15.0 Å². The molecule has 0 aliphatic carbocycles. The van der Waals surface area contributed by atoms with E-state index in [2.05, 4.69) is 61.5 Å². The molecule has 0 saturated heterocycles. The fourth-order valence-electron chi connectivity index (χ4n) is 3.66. The molecule has 0 aliphatic rings. The van der Waals surface area contributed by atoms with Gasteiger partial charge in [-0.15, -0.1) is 0 Å². The smallest absolute Gasteiger partial charge is 0.220 e. The molecule has 2 N–H and O–H groups in total. The fraction of sp³-hybridized carbons (Fsp3) is 0.375. The molecule has 0 bridgehead atoms. The number of ether oxygens (including phenoxy) is 1. The van der Waals surface area contributed by atoms with E-state index in [0.717, 1.165) is 28.8 Å². The van der Waals surface area contributed by atoms with Gasteiger partial charge in [0.15, 0.2) is 0 Å². The first kappa shape index (κ1) is 20.0. The molecular weight excluding hydrogens is 348 g/mol. The van der Waals surface area contributed by atoms with E-state index in [9.17, 15) is 4.79 Å². The summed E-state index contributed by atoms with van der Waals surface area (Å²) in [5, 5.41) is 4.25. The second kappa shape index (κ2) is 8.96. The average Bonchev–Trinajstić information content (AvgIpc) is 3.14. The van der Waals surface area contributed by atoms with E-state index >= 15 is 0 Å². The Morgan fingerprint density at radius 1 is 1.18 bits per heavy atom. The van der Waals surface area contributed by atoms with Crippen molar-refractivity contribution in [2.75, 3.05) is 13.7 Å². The molecule has 0 radical (unpaired) electrons. The van der Waals surface area contributed by atoms with E-state index < -0.39 is 0 Å². The van der Waals surface area contributed by atoms with Crippen molar-refractivity contribution in [3.63, 3.8) is 0 Å². The maximum Gasteiger partial charge on any atom is 0.220 e. The molecule has 4 nitrogen and oxygen atoms in total. The number of methoxy groups -OCH3 is 1. The van der Waals surface area contributed by atoms with Gasteiger partial charge in [0.25, 0.3) is 0 Å². The number of aromatic amines is 1. The van der Waals surface area contributed by atoms with Gasteiger partial charge in [-0.05, 0) is 41.2 Å². The molecule has 4 heteroatoms. The van der Waals surface area contributed by atoms with Crippen molar-refractivity contribution in [3.05, 3.63) is 65.4 Å². The molecule has 1 atom stereocenters. The zero-order chi connectivity index (χ0) is 20.1. The zero-order valence-corrected chi connectivity index (χ0v) is 17.2. The molecule has 1 heterocycles. The highest BCUT2D eigenvalue weighted by Gasteiger charge is 2.22. The lowest BCUT2D eigenvalue weighted by molar-refractivity contribution is -0.121. The minimum absolute atomic E-state index is 0.0388. The summed E-state index contributed by atoms with van der Waals surface area (Å²) in [6, 6.07) is 14.4. The molecule has 0 unspecified atom stereocenters. The van der Waals surface area contributed by atoms with Gasteiger partial charge in [-0.1, -0.05) is 51.1 Å². The van der Waals surface area contributed by atoms with E-state index in [1.807, 2.05) is 18.2 Å². The molecule has 3 rings (SSSR count). The number of benzene rings is 2. The van der Waals surface area contributed by atoms with Crippen molar-refractivity contribution in [1.29, 1.82) is 0 Å². The Morgan fingerprint density at radius 3 is 2.68 bits per heavy atom. The predicted molar refractivity (Wildman–Crippen MR) is 115 cm³/mol. The van der Waals surface area contributed by atoms with Crippen LogP contribution in [0.3, 0.4) is 0 Å². The highest BCUT2D eigenvalue weighted by atomic mass is 16.5. The van der Waals surface area contributed by atoms with Crippen LogP contribution < -0.4 is 10.1 Å². The third-order valence-corrected chi connectivity index (χ3v) is 5.18. The van der Waals surface area contributed by atoms with Gasteiger partial charge in [0, 0.05) is 36.0 Å². The first-order valence-electron chi connectivity index (χ1n) is 10.0. The van der Waals surface area contributed by atoms with E-state index in [1.54, 1.807) is 7.11 Å². The molecule has 1 aromatic heterocycles. The Kier molecular flexibility index (Phi) is 6.40. The second-order valence-electron chi connectivity index (χ2n) is 7.67. The maximum atomic E-state index is 12.7. The Labute approximate surface area is 167 Å². The highest BCUT2D eigenvalue weighted by molar-refractivity contribution is 5.88. The summed E-state index contributed by atoms with van der Waals surface area (Å²) in [4.78, 5) is 16.1. The number of fused-ring (bicyclic) bond motifs is 1. The predicted octanol–water partition coefficient (Wildman–Crippen LogP) is 5.03. The minimum Gasteiger partial charge on any atom is -0.497 e. The molecule has 3 aromatic rings. The summed E-state index contributed by atoms with van der Waals surface area (Å²) in [7, 11) is 1.67. The average molecular weight is 379 g/mol. The van der Waals surface area contributed by atoms with Gasteiger partial charge in [0.05, 0.1) is 7.11 Å². The van der Waals surface area contributed by atoms with Crippen LogP contribution in [0.5, 0.6) is 5.75 Å². The van der Waals surface area contributed by atoms with E-state index in [4.69, 9.17) is 4.74 Å². The molecule has 0 aliphatic heterocycles. The van der Waals surface area contributed by atoms with E-state index in [-0.39, 0.29) is 11.8 Å². The van der Waals surface area contributed by atoms with Gasteiger partial charge in [-0.2, -0.15) is 0 Å². The molecule has 28 heavy (non-hydrogen) atoms. The Hall–Kier alpha value is -2.75. The summed E-state index contributed by atoms with van der Waals surface area (Å²) < 4.78 is 5.42. The summed E-state index contributed by atoms with van der Waals surface area (Å²) in [6.45, 7) is 7.06. The van der Waals surface area contributed by atoms with Crippen molar-refractivity contribution in [1.82, 2.24) is 10.3 Å². The van der Waals surface area contributed by atoms with Crippen molar-refractivity contribution >= 4 is 16.8 Å². The number of amides is 1. The SMILES string of the molecule is CCc1cccc2c([C@@H](CC(=O)NCC(C)C)c3cccc(OC)c3)c[nH]c12. The van der Waals surface area contributed by atoms with E-state index in [0.29, 0.717) is 18.9 Å². The quantitative estimate of drug-likeness (QED) is 0.577. The number of H-pyrrole nitrogens is 1. The molecule has 0 fully saturated rings. The third-order valence-electron chi connectivity index (χ3n) is 5.18. The minimum atomic E-state index is -0.0388. The van der Waals surface area contributed by atoms with Gasteiger partial charge in [-0.3, -0.25) is 4.79 Å². The largest absolute Gasteiger partial charge is 0.497 e. The summed E-state index contributed by atoms with van der Waals surface area (Å²) in [5.74, 6) is 1.27. The number of aryl methyl sites for hydroxylation is 1. The van der Waals surface area contributed by atoms with Crippen LogP contribution in [0.1, 0.15) is 49.8 Å². The van der Waals surface area contributed by atoms with Crippen LogP contribution in [0.4, 0.5) is 0 Å². The lowest BCUT2D eigenvalue weighted by Crippen LogP contribution is -2.28. The van der Waals surface area contributed by atoms with Crippen LogP contribution in [0.25, 0.3) is 10.9 Å². The number of carbonyl (C=O) groups excluding carboxylic acids is 1. The fourth-order valence-corrected chi connectivity index (χ4v) is 3.66. The maximum absolute atomic E-state index is 12.7. The summed E-state index contributed by atoms with van der Waals surface area (Å²) >= 11 is 0. The number of hydrogen-bond donors (Lipinski definition) is 2. The number of para-hydroxylation sites is 1. The number of carbonyl (C=O) groups is 1. The first-order chi connectivity index (χ1) is 13.5. The van der Waals surface area contributed by atoms with Crippen molar-refractivity contribution < 1.29 is 9.53 Å². The highest BCUT2D eigenvalue weighted by Crippen LogP contribution is 2.35. The molecule has 0 spiro atoms. The molecular formula is C24H30N2O2. The lowest BCUT2D eigenvalue weighted by Gasteiger charge is -2.18.